The highest BCUT2D eigenvalue weighted by Gasteiger charge is 2.23. The molecule has 0 aromatic heterocycles. The summed E-state index contributed by atoms with van der Waals surface area (Å²) in [5.41, 5.74) is 5.21. The van der Waals surface area contributed by atoms with Crippen molar-refractivity contribution in [3.8, 4) is 40.4 Å². The number of nitrogens with zero attached hydrogens (tertiary/aromatic N) is 3. The Bertz CT molecular complexity index is 2190. The van der Waals surface area contributed by atoms with Gasteiger partial charge in [-0.15, -0.1) is 0 Å². The van der Waals surface area contributed by atoms with Crippen LogP contribution in [0.2, 0.25) is 0 Å². The third kappa shape index (κ3) is 7.43. The van der Waals surface area contributed by atoms with Gasteiger partial charge in [0.25, 0.3) is 5.91 Å². The van der Waals surface area contributed by atoms with Crippen molar-refractivity contribution in [3.63, 3.8) is 0 Å². The van der Waals surface area contributed by atoms with E-state index in [1.165, 1.54) is 6.07 Å². The molecule has 9 nitrogen and oxygen atoms in total. The molecule has 240 valence electrons. The molecule has 0 bridgehead atoms. The summed E-state index contributed by atoms with van der Waals surface area (Å²) in [4.78, 5) is 40.2. The van der Waals surface area contributed by atoms with Crippen molar-refractivity contribution in [2.45, 2.75) is 19.3 Å². The summed E-state index contributed by atoms with van der Waals surface area (Å²) in [5, 5.41) is 23.4. The van der Waals surface area contributed by atoms with E-state index in [0.29, 0.717) is 34.5 Å². The number of nitriles is 1. The smallest absolute Gasteiger partial charge is 0.336 e. The average molecular weight is 640 g/mol. The predicted molar refractivity (Wildman–Crippen MR) is 186 cm³/mol. The summed E-state index contributed by atoms with van der Waals surface area (Å²) < 4.78 is 8.34. The minimum atomic E-state index is -1.16. The summed E-state index contributed by atoms with van der Waals surface area (Å²) >= 11 is 0. The number of nitrogens with one attached hydrogen (secondary N) is 1. The molecule has 5 rings (SSSR count). The molecular weight excluding hydrogens is 604 g/mol. The number of anilines is 1. The Morgan fingerprint density at radius 1 is 0.938 bits per heavy atom. The fourth-order valence-corrected chi connectivity index (χ4v) is 5.51. The predicted octanol–water partition coefficient (Wildman–Crippen LogP) is 5.20. The van der Waals surface area contributed by atoms with Crippen LogP contribution in [-0.2, 0) is 11.2 Å². The molecule has 2 aliphatic rings. The average Bonchev–Trinajstić information content (AvgIpc) is 3.07. The van der Waals surface area contributed by atoms with Crippen molar-refractivity contribution in [2.24, 2.45) is 0 Å². The Balaban J connectivity index is 1.36. The molecule has 3 aromatic carbocycles. The highest BCUT2D eigenvalue weighted by Crippen LogP contribution is 2.42. The van der Waals surface area contributed by atoms with Gasteiger partial charge in [-0.05, 0) is 60.0 Å². The molecule has 0 fully saturated rings. The number of carbonyl (C=O) groups excluding carboxylic acids is 2. The van der Waals surface area contributed by atoms with E-state index in [1.54, 1.807) is 30.3 Å². The van der Waals surface area contributed by atoms with E-state index in [2.05, 4.69) is 17.2 Å². The monoisotopic (exact) mass is 639 g/mol. The topological polar surface area (TPSA) is 127 Å². The maximum Gasteiger partial charge on any atom is 0.336 e. The number of carbonyl (C=O) groups is 3. The Kier molecular flexibility index (Phi) is 10.0. The van der Waals surface area contributed by atoms with E-state index in [0.717, 1.165) is 27.6 Å². The van der Waals surface area contributed by atoms with Crippen molar-refractivity contribution < 1.29 is 23.9 Å². The van der Waals surface area contributed by atoms with E-state index in [1.807, 2.05) is 86.2 Å². The lowest BCUT2D eigenvalue weighted by molar-refractivity contribution is -0.118. The van der Waals surface area contributed by atoms with Crippen molar-refractivity contribution >= 4 is 34.3 Å². The van der Waals surface area contributed by atoms with Gasteiger partial charge in [-0.2, -0.15) is 5.26 Å². The van der Waals surface area contributed by atoms with Crippen LogP contribution in [0.5, 0.6) is 0 Å². The summed E-state index contributed by atoms with van der Waals surface area (Å²) in [6.45, 7) is 0.259. The number of aromatic carboxylic acids is 1. The van der Waals surface area contributed by atoms with Crippen LogP contribution in [0, 0.1) is 23.2 Å². The number of hydrogen-bond acceptors (Lipinski definition) is 6. The standard InChI is InChI=1S/C39H34N4O5/c1-42(2)28-14-17-32-35(23-28)48-36-24-29(43(3)4)15-18-33(36)37(32)31-16-13-27(22-34(31)39(46)47)38(45)41-20-6-8-30(44)21-26-11-9-25(10-12-26)7-5-19-40/h9-18,22-24H,6,8,20-21H2,1-4H3,(H-,41,45,46,47)/p+1. The Morgan fingerprint density at radius 3 is 2.38 bits per heavy atom. The highest BCUT2D eigenvalue weighted by molar-refractivity contribution is 6.09. The summed E-state index contributed by atoms with van der Waals surface area (Å²) in [5.74, 6) is 4.10. The van der Waals surface area contributed by atoms with Crippen LogP contribution in [-0.4, -0.2) is 57.5 Å². The first-order valence-electron chi connectivity index (χ1n) is 15.4. The molecule has 0 atom stereocenters. The van der Waals surface area contributed by atoms with E-state index in [-0.39, 0.29) is 36.3 Å². The van der Waals surface area contributed by atoms with Gasteiger partial charge in [-0.25, -0.2) is 9.37 Å². The van der Waals surface area contributed by atoms with Crippen LogP contribution in [0.4, 0.5) is 5.69 Å². The van der Waals surface area contributed by atoms with E-state index in [4.69, 9.17) is 9.68 Å². The van der Waals surface area contributed by atoms with Crippen LogP contribution in [0.3, 0.4) is 0 Å². The first-order valence-corrected chi connectivity index (χ1v) is 15.4. The number of rotatable bonds is 10. The zero-order valence-corrected chi connectivity index (χ0v) is 27.3. The molecule has 9 heteroatoms. The molecule has 1 aliphatic carbocycles. The molecule has 0 saturated carbocycles. The zero-order chi connectivity index (χ0) is 34.4. The minimum Gasteiger partial charge on any atom is -0.478 e. The molecule has 0 radical (unpaired) electrons. The molecule has 48 heavy (non-hydrogen) atoms. The second-order valence-electron chi connectivity index (χ2n) is 11.8. The normalized spacial score (nSPS) is 10.6. The zero-order valence-electron chi connectivity index (χ0n) is 27.3. The molecule has 2 N–H and O–H groups in total. The summed E-state index contributed by atoms with van der Waals surface area (Å²) in [6.07, 6.45) is 0.974. The number of benzene rings is 4. The number of amides is 1. The van der Waals surface area contributed by atoms with Crippen molar-refractivity contribution in [1.82, 2.24) is 9.89 Å². The fourth-order valence-electron chi connectivity index (χ4n) is 5.51. The molecule has 1 heterocycles. The number of ketones is 1. The van der Waals surface area contributed by atoms with Gasteiger partial charge in [0.2, 0.25) is 5.36 Å². The van der Waals surface area contributed by atoms with Crippen LogP contribution < -0.4 is 20.1 Å². The Morgan fingerprint density at radius 2 is 1.69 bits per heavy atom. The summed E-state index contributed by atoms with van der Waals surface area (Å²) in [6, 6.07) is 25.2. The lowest BCUT2D eigenvalue weighted by atomic mass is 9.89. The Hall–Kier alpha value is -6.19. The van der Waals surface area contributed by atoms with Gasteiger partial charge >= 0.3 is 5.97 Å². The number of hydrogen-bond donors (Lipinski definition) is 2. The van der Waals surface area contributed by atoms with Gasteiger partial charge in [0.1, 0.15) is 31.2 Å². The van der Waals surface area contributed by atoms with Crippen molar-refractivity contribution in [1.29, 1.82) is 5.26 Å². The lowest BCUT2D eigenvalue weighted by Crippen LogP contribution is -2.25. The number of carboxylic acid groups (broad SMARTS) is 1. The van der Waals surface area contributed by atoms with Crippen LogP contribution in [0.1, 0.15) is 44.7 Å². The van der Waals surface area contributed by atoms with Crippen molar-refractivity contribution in [3.05, 3.63) is 106 Å². The van der Waals surface area contributed by atoms with Crippen molar-refractivity contribution in [2.75, 3.05) is 39.6 Å². The largest absolute Gasteiger partial charge is 0.478 e. The molecule has 1 amide bonds. The van der Waals surface area contributed by atoms with E-state index >= 15 is 0 Å². The quantitative estimate of drug-likeness (QED) is 0.0932. The maximum absolute atomic E-state index is 13.1. The van der Waals surface area contributed by atoms with Gasteiger partial charge in [0.15, 0.2) is 6.07 Å². The van der Waals surface area contributed by atoms with E-state index in [9.17, 15) is 19.5 Å². The third-order valence-electron chi connectivity index (χ3n) is 8.04. The molecule has 0 saturated heterocycles. The number of Topliss-reactive ketones (excluding diaryl/α,β-unsaturated/α-hetero) is 1. The van der Waals surface area contributed by atoms with Crippen LogP contribution >= 0.6 is 0 Å². The van der Waals surface area contributed by atoms with Crippen LogP contribution in [0.25, 0.3) is 33.4 Å². The Labute approximate surface area is 278 Å². The lowest BCUT2D eigenvalue weighted by Gasteiger charge is -2.19. The maximum atomic E-state index is 13.1. The van der Waals surface area contributed by atoms with Gasteiger partial charge in [0.05, 0.1) is 11.6 Å². The molecule has 3 aromatic rings. The van der Waals surface area contributed by atoms with Crippen LogP contribution in [0.15, 0.2) is 83.3 Å². The second kappa shape index (κ2) is 14.5. The first-order chi connectivity index (χ1) is 23.0. The second-order valence-corrected chi connectivity index (χ2v) is 11.8. The molecular formula is C39H35N4O5+. The van der Waals surface area contributed by atoms with Gasteiger partial charge < -0.3 is 19.7 Å². The third-order valence-corrected chi connectivity index (χ3v) is 8.04. The number of carboxylic acids is 1. The first kappa shape index (κ1) is 33.2. The molecule has 1 aliphatic heterocycles. The fraction of sp³-hybridized carbons (Fsp3) is 0.205. The van der Waals surface area contributed by atoms with Gasteiger partial charge in [-0.3, -0.25) is 9.59 Å². The van der Waals surface area contributed by atoms with Gasteiger partial charge in [-0.1, -0.05) is 24.1 Å². The molecule has 0 unspecified atom stereocenters. The number of fused-ring (bicyclic) bond motifs is 2. The minimum absolute atomic E-state index is 0.00961. The van der Waals surface area contributed by atoms with E-state index < -0.39 is 11.9 Å². The summed E-state index contributed by atoms with van der Waals surface area (Å²) in [7, 11) is 7.76. The van der Waals surface area contributed by atoms with Gasteiger partial charge in [0, 0.05) is 84.9 Å². The SMILES string of the molecule is CN(C)c1ccc2c(-c3ccc(C(=O)NCCCC(=O)Cc4ccc(C#CC#N)cc4)cc3C(=O)O)c3ccc(=[N+](C)C)cc-3oc2c1. The highest BCUT2D eigenvalue weighted by atomic mass is 16.4. The molecule has 0 spiro atoms.